The molecule has 0 saturated heterocycles. The van der Waals surface area contributed by atoms with Crippen LogP contribution in [0.15, 0.2) is 78.9 Å². The van der Waals surface area contributed by atoms with Crippen molar-refractivity contribution < 1.29 is 4.79 Å². The van der Waals surface area contributed by atoms with Crippen LogP contribution in [0.4, 0.5) is 0 Å². The van der Waals surface area contributed by atoms with E-state index in [0.29, 0.717) is 22.6 Å². The van der Waals surface area contributed by atoms with E-state index in [1.807, 2.05) is 60.7 Å². The van der Waals surface area contributed by atoms with Crippen molar-refractivity contribution in [2.24, 2.45) is 0 Å². The summed E-state index contributed by atoms with van der Waals surface area (Å²) in [6.45, 7) is 0. The Balaban J connectivity index is 2.00. The maximum atomic E-state index is 12.8. The predicted octanol–water partition coefficient (Wildman–Crippen LogP) is 5.16. The lowest BCUT2D eigenvalue weighted by molar-refractivity contribution is 0.103. The van der Waals surface area contributed by atoms with Crippen LogP contribution in [-0.4, -0.2) is 5.78 Å². The van der Waals surface area contributed by atoms with E-state index < -0.39 is 0 Å². The highest BCUT2D eigenvalue weighted by Gasteiger charge is 2.14. The molecule has 2 heteroatoms. The van der Waals surface area contributed by atoms with Gasteiger partial charge in [-0.25, -0.2) is 0 Å². The quantitative estimate of drug-likeness (QED) is 0.608. The predicted molar refractivity (Wildman–Crippen MR) is 90.6 cm³/mol. The molecule has 0 spiro atoms. The summed E-state index contributed by atoms with van der Waals surface area (Å²) in [5, 5.41) is 0.580. The molecule has 0 amide bonds. The first-order chi connectivity index (χ1) is 10.7. The first-order valence-electron chi connectivity index (χ1n) is 7.16. The van der Waals surface area contributed by atoms with Gasteiger partial charge in [0, 0.05) is 16.1 Å². The van der Waals surface area contributed by atoms with Crippen molar-refractivity contribution in [1.82, 2.24) is 0 Å². The lowest BCUT2D eigenvalue weighted by Crippen LogP contribution is -2.06. The Morgan fingerprint density at radius 2 is 1.45 bits per heavy atom. The number of halogens is 1. The number of hydrogen-bond donors (Lipinski definition) is 0. The molecule has 0 aliphatic heterocycles. The van der Waals surface area contributed by atoms with Crippen LogP contribution in [0.3, 0.4) is 0 Å². The lowest BCUT2D eigenvalue weighted by atomic mass is 9.94. The van der Waals surface area contributed by atoms with Crippen LogP contribution < -0.4 is 0 Å². The van der Waals surface area contributed by atoms with E-state index in [1.54, 1.807) is 6.07 Å². The molecule has 0 radical (unpaired) electrons. The highest BCUT2D eigenvalue weighted by molar-refractivity contribution is 6.31. The zero-order chi connectivity index (χ0) is 15.4. The van der Waals surface area contributed by atoms with Crippen molar-refractivity contribution in [2.75, 3.05) is 0 Å². The van der Waals surface area contributed by atoms with Crippen molar-refractivity contribution in [3.8, 4) is 0 Å². The van der Waals surface area contributed by atoms with Crippen molar-refractivity contribution in [1.29, 1.82) is 0 Å². The smallest absolute Gasteiger partial charge is 0.193 e. The van der Waals surface area contributed by atoms with Gasteiger partial charge in [-0.05, 0) is 29.7 Å². The van der Waals surface area contributed by atoms with E-state index in [1.165, 1.54) is 5.56 Å². The Morgan fingerprint density at radius 3 is 2.14 bits per heavy atom. The third-order valence-electron chi connectivity index (χ3n) is 3.59. The molecule has 0 aliphatic rings. The second-order valence-corrected chi connectivity index (χ2v) is 5.60. The number of rotatable bonds is 4. The molecule has 0 aromatic heterocycles. The number of hydrogen-bond acceptors (Lipinski definition) is 1. The number of ketones is 1. The first-order valence-corrected chi connectivity index (χ1v) is 7.54. The topological polar surface area (TPSA) is 17.1 Å². The molecule has 0 atom stereocenters. The van der Waals surface area contributed by atoms with E-state index >= 15 is 0 Å². The molecule has 1 nitrogen and oxygen atoms in total. The van der Waals surface area contributed by atoms with Gasteiger partial charge in [-0.1, -0.05) is 78.3 Å². The SMILES string of the molecule is O=C(c1ccccc1)c1cc(Cl)ccc1Cc1ccccc1. The minimum atomic E-state index is 0.00836. The summed E-state index contributed by atoms with van der Waals surface area (Å²) in [5.41, 5.74) is 3.51. The van der Waals surface area contributed by atoms with Crippen LogP contribution in [0.1, 0.15) is 27.0 Å². The van der Waals surface area contributed by atoms with Crippen LogP contribution >= 0.6 is 11.6 Å². The molecule has 0 aliphatic carbocycles. The van der Waals surface area contributed by atoms with E-state index in [9.17, 15) is 4.79 Å². The molecule has 0 unspecified atom stereocenters. The van der Waals surface area contributed by atoms with Crippen molar-refractivity contribution in [2.45, 2.75) is 6.42 Å². The fraction of sp³-hybridized carbons (Fsp3) is 0.0500. The minimum absolute atomic E-state index is 0.00836. The standard InChI is InChI=1S/C20H15ClO/c21-18-12-11-17(13-15-7-3-1-4-8-15)19(14-18)20(22)16-9-5-2-6-10-16/h1-12,14H,13H2. The average molecular weight is 307 g/mol. The van der Waals surface area contributed by atoms with Crippen LogP contribution in [-0.2, 0) is 6.42 Å². The van der Waals surface area contributed by atoms with Crippen LogP contribution in [0.25, 0.3) is 0 Å². The average Bonchev–Trinajstić information content (AvgIpc) is 2.57. The van der Waals surface area contributed by atoms with Gasteiger partial charge in [0.05, 0.1) is 0 Å². The zero-order valence-electron chi connectivity index (χ0n) is 12.0. The first kappa shape index (κ1) is 14.6. The van der Waals surface area contributed by atoms with Gasteiger partial charge in [0.1, 0.15) is 0 Å². The second kappa shape index (κ2) is 6.59. The lowest BCUT2D eigenvalue weighted by Gasteiger charge is -2.10. The zero-order valence-corrected chi connectivity index (χ0v) is 12.8. The van der Waals surface area contributed by atoms with E-state index in [0.717, 1.165) is 5.56 Å². The van der Waals surface area contributed by atoms with E-state index in [2.05, 4.69) is 12.1 Å². The molecule has 3 aromatic carbocycles. The summed E-state index contributed by atoms with van der Waals surface area (Å²) in [5.74, 6) is 0.00836. The fourth-order valence-electron chi connectivity index (χ4n) is 2.48. The van der Waals surface area contributed by atoms with Gasteiger partial charge < -0.3 is 0 Å². The molecule has 3 aromatic rings. The Labute approximate surface area is 135 Å². The molecular formula is C20H15ClO. The van der Waals surface area contributed by atoms with Gasteiger partial charge in [-0.3, -0.25) is 4.79 Å². The van der Waals surface area contributed by atoms with Crippen LogP contribution in [0.5, 0.6) is 0 Å². The largest absolute Gasteiger partial charge is 0.289 e. The summed E-state index contributed by atoms with van der Waals surface area (Å²) in [6.07, 6.45) is 0.714. The van der Waals surface area contributed by atoms with Crippen molar-refractivity contribution >= 4 is 17.4 Å². The van der Waals surface area contributed by atoms with Gasteiger partial charge in [-0.15, -0.1) is 0 Å². The molecule has 22 heavy (non-hydrogen) atoms. The Hall–Kier alpha value is -2.38. The van der Waals surface area contributed by atoms with Gasteiger partial charge in [0.2, 0.25) is 0 Å². The minimum Gasteiger partial charge on any atom is -0.289 e. The highest BCUT2D eigenvalue weighted by Crippen LogP contribution is 2.22. The molecule has 0 heterocycles. The Morgan fingerprint density at radius 1 is 0.818 bits per heavy atom. The van der Waals surface area contributed by atoms with Crippen LogP contribution in [0.2, 0.25) is 5.02 Å². The van der Waals surface area contributed by atoms with Gasteiger partial charge in [-0.2, -0.15) is 0 Å². The monoisotopic (exact) mass is 306 g/mol. The van der Waals surface area contributed by atoms with E-state index in [-0.39, 0.29) is 5.78 Å². The third kappa shape index (κ3) is 3.26. The third-order valence-corrected chi connectivity index (χ3v) is 3.83. The molecule has 0 bridgehead atoms. The van der Waals surface area contributed by atoms with Gasteiger partial charge >= 0.3 is 0 Å². The number of benzene rings is 3. The van der Waals surface area contributed by atoms with Crippen molar-refractivity contribution in [3.63, 3.8) is 0 Å². The van der Waals surface area contributed by atoms with E-state index in [4.69, 9.17) is 11.6 Å². The van der Waals surface area contributed by atoms with Crippen molar-refractivity contribution in [3.05, 3.63) is 106 Å². The number of carbonyl (C=O) groups is 1. The highest BCUT2D eigenvalue weighted by atomic mass is 35.5. The maximum Gasteiger partial charge on any atom is 0.193 e. The summed E-state index contributed by atoms with van der Waals surface area (Å²) < 4.78 is 0. The molecular weight excluding hydrogens is 292 g/mol. The molecule has 0 saturated carbocycles. The molecule has 3 rings (SSSR count). The second-order valence-electron chi connectivity index (χ2n) is 5.16. The molecule has 0 N–H and O–H groups in total. The van der Waals surface area contributed by atoms with Gasteiger partial charge in [0.25, 0.3) is 0 Å². The fourth-order valence-corrected chi connectivity index (χ4v) is 2.65. The normalized spacial score (nSPS) is 10.4. The van der Waals surface area contributed by atoms with Crippen LogP contribution in [0, 0.1) is 0 Å². The van der Waals surface area contributed by atoms with Gasteiger partial charge in [0.15, 0.2) is 5.78 Å². The molecule has 0 fully saturated rings. The number of carbonyl (C=O) groups excluding carboxylic acids is 1. The molecule has 108 valence electrons. The Bertz CT molecular complexity index is 779. The summed E-state index contributed by atoms with van der Waals surface area (Å²) in [7, 11) is 0. The summed E-state index contributed by atoms with van der Waals surface area (Å²) >= 11 is 6.10. The maximum absolute atomic E-state index is 12.8. The Kier molecular flexibility index (Phi) is 4.36. The summed E-state index contributed by atoms with van der Waals surface area (Å²) in [4.78, 5) is 12.8. The summed E-state index contributed by atoms with van der Waals surface area (Å²) in [6, 6.07) is 24.9.